The highest BCUT2D eigenvalue weighted by Crippen LogP contribution is 2.28. The lowest BCUT2D eigenvalue weighted by atomic mass is 10.2. The molecule has 1 fully saturated rings. The molecular formula is C18H20N2O6. The summed E-state index contributed by atoms with van der Waals surface area (Å²) in [5.74, 6) is 0.400. The third kappa shape index (κ3) is 4.40. The Labute approximate surface area is 150 Å². The van der Waals surface area contributed by atoms with Gasteiger partial charge in [-0.05, 0) is 43.5 Å². The smallest absolute Gasteiger partial charge is 0.311 e. The molecule has 2 heterocycles. The van der Waals surface area contributed by atoms with Gasteiger partial charge in [-0.25, -0.2) is 0 Å². The molecule has 8 heteroatoms. The Bertz CT molecular complexity index is 795. The van der Waals surface area contributed by atoms with E-state index in [9.17, 15) is 14.9 Å². The van der Waals surface area contributed by atoms with Crippen molar-refractivity contribution in [1.29, 1.82) is 0 Å². The predicted molar refractivity (Wildman–Crippen MR) is 92.2 cm³/mol. The molecule has 26 heavy (non-hydrogen) atoms. The average molecular weight is 360 g/mol. The first kappa shape index (κ1) is 17.9. The van der Waals surface area contributed by atoms with Crippen LogP contribution in [0.5, 0.6) is 5.75 Å². The summed E-state index contributed by atoms with van der Waals surface area (Å²) >= 11 is 0. The van der Waals surface area contributed by atoms with E-state index in [0.29, 0.717) is 12.3 Å². The van der Waals surface area contributed by atoms with Crippen molar-refractivity contribution < 1.29 is 23.6 Å². The van der Waals surface area contributed by atoms with Crippen molar-refractivity contribution in [3.05, 3.63) is 57.5 Å². The van der Waals surface area contributed by atoms with Crippen molar-refractivity contribution in [3.63, 3.8) is 0 Å². The lowest BCUT2D eigenvalue weighted by Gasteiger charge is -2.09. The second kappa shape index (κ2) is 8.01. The predicted octanol–water partition coefficient (Wildman–Crippen LogP) is 2.98. The van der Waals surface area contributed by atoms with Crippen LogP contribution in [0.3, 0.4) is 0 Å². The molecule has 0 aliphatic carbocycles. The number of hydrogen-bond acceptors (Lipinski definition) is 6. The van der Waals surface area contributed by atoms with E-state index in [0.717, 1.165) is 25.0 Å². The van der Waals surface area contributed by atoms with Gasteiger partial charge in [0.25, 0.3) is 5.91 Å². The third-order valence-electron chi connectivity index (χ3n) is 4.08. The summed E-state index contributed by atoms with van der Waals surface area (Å²) in [6, 6.07) is 7.88. The lowest BCUT2D eigenvalue weighted by Crippen LogP contribution is -2.31. The van der Waals surface area contributed by atoms with Gasteiger partial charge in [-0.15, -0.1) is 0 Å². The summed E-state index contributed by atoms with van der Waals surface area (Å²) in [7, 11) is 0. The molecule has 1 amide bonds. The lowest BCUT2D eigenvalue weighted by molar-refractivity contribution is -0.386. The number of nitrogens with one attached hydrogen (secondary N) is 1. The van der Waals surface area contributed by atoms with Crippen molar-refractivity contribution >= 4 is 11.6 Å². The fraction of sp³-hybridized carbons (Fsp3) is 0.389. The van der Waals surface area contributed by atoms with Crippen LogP contribution in [0.4, 0.5) is 5.69 Å². The minimum Gasteiger partial charge on any atom is -0.479 e. The number of rotatable bonds is 7. The monoisotopic (exact) mass is 360 g/mol. The number of nitro benzene ring substituents is 1. The van der Waals surface area contributed by atoms with Gasteiger partial charge >= 0.3 is 5.69 Å². The summed E-state index contributed by atoms with van der Waals surface area (Å²) in [4.78, 5) is 22.7. The van der Waals surface area contributed by atoms with Crippen LogP contribution in [0, 0.1) is 17.0 Å². The molecule has 0 spiro atoms. The van der Waals surface area contributed by atoms with Gasteiger partial charge in [-0.1, -0.05) is 6.07 Å². The zero-order chi connectivity index (χ0) is 18.5. The summed E-state index contributed by atoms with van der Waals surface area (Å²) in [6.07, 6.45) is 2.00. The number of benzene rings is 1. The number of furan rings is 1. The normalized spacial score (nSPS) is 16.4. The van der Waals surface area contributed by atoms with E-state index in [1.165, 1.54) is 6.07 Å². The summed E-state index contributed by atoms with van der Waals surface area (Å²) in [5.41, 5.74) is 0.665. The number of carbonyl (C=O) groups excluding carboxylic acids is 1. The van der Waals surface area contributed by atoms with Crippen LogP contribution in [0.15, 0.2) is 34.7 Å². The molecule has 138 valence electrons. The van der Waals surface area contributed by atoms with Gasteiger partial charge in [0, 0.05) is 19.2 Å². The van der Waals surface area contributed by atoms with Crippen molar-refractivity contribution in [2.24, 2.45) is 0 Å². The Morgan fingerprint density at radius 1 is 1.38 bits per heavy atom. The maximum Gasteiger partial charge on any atom is 0.311 e. The standard InChI is InChI=1S/C18H20N2O6/c1-12-4-6-16(15(9-12)20(22)23)25-11-14-5-7-17(26-14)18(21)19-10-13-3-2-8-24-13/h4-7,9,13H,2-3,8,10-11H2,1H3,(H,19,21). The molecule has 8 nitrogen and oxygen atoms in total. The van der Waals surface area contributed by atoms with Crippen LogP contribution in [0.25, 0.3) is 0 Å². The van der Waals surface area contributed by atoms with Gasteiger partial charge in [-0.2, -0.15) is 0 Å². The molecule has 1 N–H and O–H groups in total. The van der Waals surface area contributed by atoms with Gasteiger partial charge in [0.1, 0.15) is 12.4 Å². The maximum atomic E-state index is 12.1. The SMILES string of the molecule is Cc1ccc(OCc2ccc(C(=O)NCC3CCCO3)o2)c([N+](=O)[O-])c1. The first-order chi connectivity index (χ1) is 12.5. The van der Waals surface area contributed by atoms with E-state index < -0.39 is 4.92 Å². The fourth-order valence-corrected chi connectivity index (χ4v) is 2.72. The Hall–Kier alpha value is -2.87. The van der Waals surface area contributed by atoms with Gasteiger partial charge in [0.05, 0.1) is 11.0 Å². The molecule has 0 bridgehead atoms. The van der Waals surface area contributed by atoms with Crippen LogP contribution in [0.2, 0.25) is 0 Å². The number of ether oxygens (including phenoxy) is 2. The Balaban J connectivity index is 1.57. The minimum atomic E-state index is -0.492. The summed E-state index contributed by atoms with van der Waals surface area (Å²) in [6.45, 7) is 2.93. The molecule has 1 unspecified atom stereocenters. The van der Waals surface area contributed by atoms with E-state index in [-0.39, 0.29) is 35.8 Å². The van der Waals surface area contributed by atoms with Gasteiger partial charge in [0.2, 0.25) is 0 Å². The maximum absolute atomic E-state index is 12.1. The number of carbonyl (C=O) groups is 1. The fourth-order valence-electron chi connectivity index (χ4n) is 2.72. The van der Waals surface area contributed by atoms with Crippen molar-refractivity contribution in [1.82, 2.24) is 5.32 Å². The second-order valence-electron chi connectivity index (χ2n) is 6.13. The van der Waals surface area contributed by atoms with Crippen molar-refractivity contribution in [2.45, 2.75) is 32.5 Å². The molecule has 1 aliphatic rings. The third-order valence-corrected chi connectivity index (χ3v) is 4.08. The zero-order valence-electron chi connectivity index (χ0n) is 14.4. The second-order valence-corrected chi connectivity index (χ2v) is 6.13. The highest BCUT2D eigenvalue weighted by molar-refractivity contribution is 5.91. The number of nitrogens with zero attached hydrogens (tertiary/aromatic N) is 1. The first-order valence-corrected chi connectivity index (χ1v) is 8.39. The highest BCUT2D eigenvalue weighted by Gasteiger charge is 2.19. The molecule has 0 radical (unpaired) electrons. The molecular weight excluding hydrogens is 340 g/mol. The molecule has 1 saturated heterocycles. The van der Waals surface area contributed by atoms with Gasteiger partial charge in [0.15, 0.2) is 11.5 Å². The quantitative estimate of drug-likeness (QED) is 0.601. The van der Waals surface area contributed by atoms with Crippen LogP contribution < -0.4 is 10.1 Å². The largest absolute Gasteiger partial charge is 0.479 e. The topological polar surface area (TPSA) is 104 Å². The molecule has 3 rings (SSSR count). The first-order valence-electron chi connectivity index (χ1n) is 8.39. The summed E-state index contributed by atoms with van der Waals surface area (Å²) < 4.78 is 16.4. The Morgan fingerprint density at radius 3 is 2.96 bits per heavy atom. The number of amides is 1. The van der Waals surface area contributed by atoms with Crippen LogP contribution in [-0.4, -0.2) is 30.1 Å². The molecule has 1 aromatic heterocycles. The molecule has 1 aromatic carbocycles. The minimum absolute atomic E-state index is 0.0110. The van der Waals surface area contributed by atoms with E-state index >= 15 is 0 Å². The van der Waals surface area contributed by atoms with Crippen LogP contribution in [0.1, 0.15) is 34.7 Å². The number of nitro groups is 1. The molecule has 0 saturated carbocycles. The van der Waals surface area contributed by atoms with E-state index in [4.69, 9.17) is 13.9 Å². The van der Waals surface area contributed by atoms with Crippen molar-refractivity contribution in [2.75, 3.05) is 13.2 Å². The van der Waals surface area contributed by atoms with Gasteiger partial charge in [-0.3, -0.25) is 14.9 Å². The number of aryl methyl sites for hydroxylation is 1. The highest BCUT2D eigenvalue weighted by atomic mass is 16.6. The molecule has 1 aliphatic heterocycles. The van der Waals surface area contributed by atoms with E-state index in [1.807, 2.05) is 0 Å². The van der Waals surface area contributed by atoms with E-state index in [2.05, 4.69) is 5.32 Å². The average Bonchev–Trinajstić information content (AvgIpc) is 3.30. The number of hydrogen-bond donors (Lipinski definition) is 1. The van der Waals surface area contributed by atoms with Gasteiger partial charge < -0.3 is 19.2 Å². The Kier molecular flexibility index (Phi) is 5.52. The van der Waals surface area contributed by atoms with Crippen molar-refractivity contribution in [3.8, 4) is 5.75 Å². The summed E-state index contributed by atoms with van der Waals surface area (Å²) in [5, 5.41) is 13.9. The van der Waals surface area contributed by atoms with Crippen LogP contribution >= 0.6 is 0 Å². The Morgan fingerprint density at radius 2 is 2.23 bits per heavy atom. The molecule has 2 aromatic rings. The van der Waals surface area contributed by atoms with E-state index in [1.54, 1.807) is 31.2 Å². The molecule has 1 atom stereocenters. The van der Waals surface area contributed by atoms with Crippen LogP contribution in [-0.2, 0) is 11.3 Å². The zero-order valence-corrected chi connectivity index (χ0v) is 14.4.